The lowest BCUT2D eigenvalue weighted by Crippen LogP contribution is -2.30. The van der Waals surface area contributed by atoms with Crippen molar-refractivity contribution in [2.45, 2.75) is 46.8 Å². The van der Waals surface area contributed by atoms with E-state index in [4.69, 9.17) is 9.47 Å². The molecular formula is C31H33N3O4. The predicted molar refractivity (Wildman–Crippen MR) is 147 cm³/mol. The molecule has 0 saturated heterocycles. The molecule has 38 heavy (non-hydrogen) atoms. The van der Waals surface area contributed by atoms with Gasteiger partial charge in [0.2, 0.25) is 0 Å². The topological polar surface area (TPSA) is 87.7 Å². The zero-order chi connectivity index (χ0) is 26.8. The number of fused-ring (bicyclic) bond motifs is 1. The number of carbonyl (C=O) groups is 1. The van der Waals surface area contributed by atoms with Gasteiger partial charge in [-0.3, -0.25) is 9.89 Å². The van der Waals surface area contributed by atoms with E-state index < -0.39 is 0 Å². The van der Waals surface area contributed by atoms with Gasteiger partial charge in [-0.25, -0.2) is 0 Å². The smallest absolute Gasteiger partial charge is 0.273 e. The minimum absolute atomic E-state index is 0.0998. The second-order valence-corrected chi connectivity index (χ2v) is 9.65. The summed E-state index contributed by atoms with van der Waals surface area (Å²) in [6, 6.07) is 19.2. The Balaban J connectivity index is 1.59. The number of aryl methyl sites for hydroxylation is 2. The van der Waals surface area contributed by atoms with Gasteiger partial charge in [-0.2, -0.15) is 5.10 Å². The monoisotopic (exact) mass is 511 g/mol. The van der Waals surface area contributed by atoms with Gasteiger partial charge in [0, 0.05) is 17.7 Å². The lowest BCUT2D eigenvalue weighted by molar-refractivity contribution is 0.0743. The number of amides is 1. The van der Waals surface area contributed by atoms with E-state index in [1.807, 2.05) is 80.3 Å². The summed E-state index contributed by atoms with van der Waals surface area (Å²) in [5, 5.41) is 18.4. The standard InChI is InChI=1S/C31H33N3O4/c1-5-14-34-30(22-12-13-24(25(17-22)37-6-2)38-18-21-10-8-7-9-11-21)27-28(32-33-29(27)31(34)36)26-20(4)15-19(3)16-23(26)35/h7-13,15-17,30,35H,5-6,14,18H2,1-4H3,(H,32,33). The van der Waals surface area contributed by atoms with E-state index in [1.54, 1.807) is 6.07 Å². The maximum absolute atomic E-state index is 13.5. The summed E-state index contributed by atoms with van der Waals surface area (Å²) in [5.74, 6) is 1.32. The molecule has 7 nitrogen and oxygen atoms in total. The molecule has 0 fully saturated rings. The molecule has 5 rings (SSSR count). The molecule has 0 saturated carbocycles. The average molecular weight is 512 g/mol. The van der Waals surface area contributed by atoms with Crippen molar-refractivity contribution in [3.05, 3.63) is 94.2 Å². The molecule has 2 heterocycles. The van der Waals surface area contributed by atoms with Crippen molar-refractivity contribution in [1.29, 1.82) is 0 Å². The maximum Gasteiger partial charge on any atom is 0.273 e. The molecule has 2 N–H and O–H groups in total. The van der Waals surface area contributed by atoms with Gasteiger partial charge >= 0.3 is 0 Å². The van der Waals surface area contributed by atoms with E-state index in [2.05, 4.69) is 17.1 Å². The van der Waals surface area contributed by atoms with Crippen molar-refractivity contribution in [2.24, 2.45) is 0 Å². The summed E-state index contributed by atoms with van der Waals surface area (Å²) >= 11 is 0. The number of aromatic hydroxyl groups is 1. The molecule has 1 atom stereocenters. The molecule has 7 heteroatoms. The van der Waals surface area contributed by atoms with Crippen LogP contribution in [0.25, 0.3) is 11.3 Å². The van der Waals surface area contributed by atoms with E-state index in [1.165, 1.54) is 0 Å². The van der Waals surface area contributed by atoms with Crippen LogP contribution in [0.15, 0.2) is 60.7 Å². The Bertz CT molecular complexity index is 1440. The Morgan fingerprint density at radius 2 is 1.79 bits per heavy atom. The highest BCUT2D eigenvalue weighted by Gasteiger charge is 2.42. The Labute approximate surface area is 223 Å². The van der Waals surface area contributed by atoms with E-state index in [9.17, 15) is 9.90 Å². The second-order valence-electron chi connectivity index (χ2n) is 9.65. The number of hydrogen-bond donors (Lipinski definition) is 2. The van der Waals surface area contributed by atoms with E-state index in [-0.39, 0.29) is 17.7 Å². The van der Waals surface area contributed by atoms with E-state index >= 15 is 0 Å². The molecular weight excluding hydrogens is 478 g/mol. The van der Waals surface area contributed by atoms with Gasteiger partial charge in [-0.15, -0.1) is 0 Å². The zero-order valence-electron chi connectivity index (χ0n) is 22.2. The molecule has 0 spiro atoms. The number of carbonyl (C=O) groups excluding carboxylic acids is 1. The normalized spacial score (nSPS) is 14.6. The molecule has 0 radical (unpaired) electrons. The van der Waals surface area contributed by atoms with E-state index in [0.29, 0.717) is 48.2 Å². The Kier molecular flexibility index (Phi) is 7.09. The van der Waals surface area contributed by atoms with Crippen LogP contribution in [0.4, 0.5) is 0 Å². The van der Waals surface area contributed by atoms with Gasteiger partial charge in [-0.1, -0.05) is 49.4 Å². The summed E-state index contributed by atoms with van der Waals surface area (Å²) < 4.78 is 12.1. The molecule has 1 unspecified atom stereocenters. The van der Waals surface area contributed by atoms with Gasteiger partial charge in [0.05, 0.1) is 12.6 Å². The zero-order valence-corrected chi connectivity index (χ0v) is 22.2. The number of aromatic amines is 1. The van der Waals surface area contributed by atoms with Crippen LogP contribution in [0.5, 0.6) is 17.2 Å². The number of nitrogens with zero attached hydrogens (tertiary/aromatic N) is 2. The summed E-state index contributed by atoms with van der Waals surface area (Å²) in [5.41, 5.74) is 6.28. The first-order chi connectivity index (χ1) is 18.4. The van der Waals surface area contributed by atoms with Crippen LogP contribution in [0.3, 0.4) is 0 Å². The minimum Gasteiger partial charge on any atom is -0.507 e. The number of benzene rings is 3. The van der Waals surface area contributed by atoms with Gasteiger partial charge < -0.3 is 19.5 Å². The SMILES string of the molecule is CCCN1C(=O)c2[nH]nc(-c3c(C)cc(C)cc3O)c2C1c1ccc(OCc2ccccc2)c(OCC)c1. The number of rotatable bonds is 9. The van der Waals surface area contributed by atoms with Crippen LogP contribution in [-0.4, -0.2) is 39.3 Å². The van der Waals surface area contributed by atoms with Gasteiger partial charge in [-0.05, 0) is 67.6 Å². The van der Waals surface area contributed by atoms with Crippen molar-refractivity contribution in [1.82, 2.24) is 15.1 Å². The summed E-state index contributed by atoms with van der Waals surface area (Å²) in [6.45, 7) is 9.37. The molecule has 196 valence electrons. The molecule has 1 aliphatic rings. The van der Waals surface area contributed by atoms with Crippen LogP contribution >= 0.6 is 0 Å². The van der Waals surface area contributed by atoms with Gasteiger partial charge in [0.25, 0.3) is 5.91 Å². The molecule has 0 bridgehead atoms. The molecule has 1 aliphatic heterocycles. The molecule has 4 aromatic rings. The average Bonchev–Trinajstić information content (AvgIpc) is 3.43. The number of phenolic OH excluding ortho intramolecular Hbond substituents is 1. The number of aromatic nitrogens is 2. The number of ether oxygens (including phenoxy) is 2. The van der Waals surface area contributed by atoms with Crippen LogP contribution in [0.2, 0.25) is 0 Å². The van der Waals surface area contributed by atoms with Crippen molar-refractivity contribution >= 4 is 5.91 Å². The third kappa shape index (κ3) is 4.60. The molecule has 1 amide bonds. The van der Waals surface area contributed by atoms with Crippen LogP contribution in [0, 0.1) is 13.8 Å². The maximum atomic E-state index is 13.5. The first kappa shape index (κ1) is 25.4. The van der Waals surface area contributed by atoms with Gasteiger partial charge in [0.1, 0.15) is 23.7 Å². The minimum atomic E-state index is -0.381. The number of nitrogens with one attached hydrogen (secondary N) is 1. The highest BCUT2D eigenvalue weighted by molar-refractivity contribution is 6.00. The second kappa shape index (κ2) is 10.6. The fraction of sp³-hybridized carbons (Fsp3) is 0.290. The summed E-state index contributed by atoms with van der Waals surface area (Å²) in [4.78, 5) is 15.4. The third-order valence-electron chi connectivity index (χ3n) is 6.84. The van der Waals surface area contributed by atoms with E-state index in [0.717, 1.165) is 34.2 Å². The molecule has 0 aliphatic carbocycles. The Morgan fingerprint density at radius 3 is 2.50 bits per heavy atom. The van der Waals surface area contributed by atoms with Crippen molar-refractivity contribution in [2.75, 3.05) is 13.2 Å². The van der Waals surface area contributed by atoms with Crippen molar-refractivity contribution in [3.8, 4) is 28.5 Å². The quantitative estimate of drug-likeness (QED) is 0.274. The Morgan fingerprint density at radius 1 is 1.00 bits per heavy atom. The van der Waals surface area contributed by atoms with Crippen LogP contribution in [0.1, 0.15) is 64.6 Å². The lowest BCUT2D eigenvalue weighted by Gasteiger charge is -2.27. The summed E-state index contributed by atoms with van der Waals surface area (Å²) in [6.07, 6.45) is 0.806. The van der Waals surface area contributed by atoms with Crippen molar-refractivity contribution in [3.63, 3.8) is 0 Å². The largest absolute Gasteiger partial charge is 0.507 e. The Hall–Kier alpha value is -4.26. The lowest BCUT2D eigenvalue weighted by atomic mass is 9.93. The van der Waals surface area contributed by atoms with Gasteiger partial charge in [0.15, 0.2) is 11.5 Å². The third-order valence-corrected chi connectivity index (χ3v) is 6.84. The highest BCUT2D eigenvalue weighted by Crippen LogP contribution is 2.47. The highest BCUT2D eigenvalue weighted by atomic mass is 16.5. The fourth-order valence-electron chi connectivity index (χ4n) is 5.28. The number of hydrogen-bond acceptors (Lipinski definition) is 5. The fourth-order valence-corrected chi connectivity index (χ4v) is 5.28. The first-order valence-corrected chi connectivity index (χ1v) is 13.1. The number of phenols is 1. The van der Waals surface area contributed by atoms with Crippen LogP contribution in [-0.2, 0) is 6.61 Å². The first-order valence-electron chi connectivity index (χ1n) is 13.1. The van der Waals surface area contributed by atoms with Crippen molar-refractivity contribution < 1.29 is 19.4 Å². The molecule has 1 aromatic heterocycles. The summed E-state index contributed by atoms with van der Waals surface area (Å²) in [7, 11) is 0. The predicted octanol–water partition coefficient (Wildman–Crippen LogP) is 6.33. The molecule has 3 aromatic carbocycles. The number of H-pyrrole nitrogens is 1. The van der Waals surface area contributed by atoms with Crippen LogP contribution < -0.4 is 9.47 Å².